The van der Waals surface area contributed by atoms with E-state index in [4.69, 9.17) is 0 Å². The minimum absolute atomic E-state index is 0. The fraction of sp³-hybridized carbons (Fsp3) is 0.500. The van der Waals surface area contributed by atoms with Gasteiger partial charge in [0.15, 0.2) is 0 Å². The van der Waals surface area contributed by atoms with Crippen LogP contribution < -0.4 is 15.3 Å². The van der Waals surface area contributed by atoms with Gasteiger partial charge < -0.3 is 29.7 Å². The Bertz CT molecular complexity index is 317. The van der Waals surface area contributed by atoms with E-state index in [2.05, 4.69) is 0 Å². The Hall–Kier alpha value is -1.96. The van der Waals surface area contributed by atoms with E-state index in [1.165, 1.54) is 20.8 Å². The summed E-state index contributed by atoms with van der Waals surface area (Å²) in [5.74, 6) is -5.06. The summed E-state index contributed by atoms with van der Waals surface area (Å²) in [4.78, 5) is 57.9. The first kappa shape index (κ1) is 28.2. The van der Waals surface area contributed by atoms with Crippen LogP contribution in [0, 0.1) is 0 Å². The summed E-state index contributed by atoms with van der Waals surface area (Å²) in [6.45, 7) is 3.61. The number of Topliss-reactive ketones (excluding diaryl/α,β-unsaturated/α-hetero) is 3. The van der Waals surface area contributed by atoms with Gasteiger partial charge in [-0.15, -0.1) is 0 Å². The van der Waals surface area contributed by atoms with Gasteiger partial charge in [0, 0.05) is 37.2 Å². The molecule has 0 rings (SSSR count). The monoisotopic (exact) mass is 405 g/mol. The molecule has 0 aromatic heterocycles. The van der Waals surface area contributed by atoms with Crippen LogP contribution in [0.1, 0.15) is 40.0 Å². The Morgan fingerprint density at radius 2 is 0.682 bits per heavy atom. The molecule has 0 aromatic carbocycles. The zero-order valence-electron chi connectivity index (χ0n) is 12.1. The number of ketones is 3. The number of carboxylic acid groups (broad SMARTS) is 3. The smallest absolute Gasteiger partial charge is 0.550 e. The van der Waals surface area contributed by atoms with Crippen molar-refractivity contribution < 1.29 is 63.6 Å². The quantitative estimate of drug-likeness (QED) is 0.317. The molecule has 0 saturated heterocycles. The van der Waals surface area contributed by atoms with E-state index < -0.39 is 37.2 Å². The largest absolute Gasteiger partial charge is 3.00 e. The van der Waals surface area contributed by atoms with Crippen LogP contribution in [0.25, 0.3) is 0 Å². The van der Waals surface area contributed by atoms with Gasteiger partial charge in [0.1, 0.15) is 17.3 Å². The van der Waals surface area contributed by atoms with E-state index in [-0.39, 0.29) is 36.8 Å². The number of carbonyl (C=O) groups is 6. The van der Waals surface area contributed by atoms with E-state index in [0.717, 1.165) is 0 Å². The SMILES string of the molecule is CC(=O)CC(=O)[O-].CC(=O)CC(=O)[O-].CC(=O)CC(=O)[O-].[Ru+3]. The summed E-state index contributed by atoms with van der Waals surface area (Å²) >= 11 is 0. The second-order valence-electron chi connectivity index (χ2n) is 3.75. The third-order valence-corrected chi connectivity index (χ3v) is 1.18. The molecule has 125 valence electrons. The molecule has 0 N–H and O–H groups in total. The van der Waals surface area contributed by atoms with Crippen LogP contribution in [-0.2, 0) is 48.2 Å². The van der Waals surface area contributed by atoms with Crippen LogP contribution in [0.4, 0.5) is 0 Å². The van der Waals surface area contributed by atoms with E-state index in [1.54, 1.807) is 0 Å². The van der Waals surface area contributed by atoms with Crippen LogP contribution in [0.2, 0.25) is 0 Å². The summed E-state index contributed by atoms with van der Waals surface area (Å²) < 4.78 is 0. The zero-order chi connectivity index (χ0) is 17.6. The maximum Gasteiger partial charge on any atom is 3.00 e. The van der Waals surface area contributed by atoms with E-state index >= 15 is 0 Å². The number of aliphatic carboxylic acids is 3. The average Bonchev–Trinajstić information content (AvgIpc) is 2.10. The molecule has 0 bridgehead atoms. The average molecular weight is 404 g/mol. The Morgan fingerprint density at radius 1 is 0.545 bits per heavy atom. The summed E-state index contributed by atoms with van der Waals surface area (Å²) in [5.41, 5.74) is 0. The molecule has 0 aliphatic rings. The molecule has 0 aromatic rings. The Morgan fingerprint density at radius 3 is 0.682 bits per heavy atom. The van der Waals surface area contributed by atoms with Crippen LogP contribution in [0.3, 0.4) is 0 Å². The molecule has 0 heterocycles. The third kappa shape index (κ3) is 52.0. The van der Waals surface area contributed by atoms with Crippen LogP contribution >= 0.6 is 0 Å². The van der Waals surface area contributed by atoms with Crippen molar-refractivity contribution in [2.75, 3.05) is 0 Å². The zero-order valence-corrected chi connectivity index (χ0v) is 13.9. The molecular formula is C12H15O9Ru. The van der Waals surface area contributed by atoms with Gasteiger partial charge in [-0.3, -0.25) is 14.4 Å². The minimum atomic E-state index is -1.31. The molecule has 0 aliphatic carbocycles. The molecule has 0 saturated carbocycles. The van der Waals surface area contributed by atoms with Crippen molar-refractivity contribution in [3.8, 4) is 0 Å². The molecule has 1 radical (unpaired) electrons. The fourth-order valence-corrected chi connectivity index (χ4v) is 0.610. The Balaban J connectivity index is -0.000000108. The minimum Gasteiger partial charge on any atom is -0.550 e. The molecular weight excluding hydrogens is 389 g/mol. The van der Waals surface area contributed by atoms with Gasteiger partial charge in [0.2, 0.25) is 0 Å². The normalized spacial score (nSPS) is 7.77. The number of carboxylic acids is 3. The predicted molar refractivity (Wildman–Crippen MR) is 60.9 cm³/mol. The molecule has 10 heteroatoms. The Kier molecular flexibility index (Phi) is 21.9. The summed E-state index contributed by atoms with van der Waals surface area (Å²) in [6, 6.07) is 0. The molecule has 0 aliphatic heterocycles. The first-order valence-corrected chi connectivity index (χ1v) is 5.46. The van der Waals surface area contributed by atoms with Gasteiger partial charge in [-0.2, -0.15) is 0 Å². The number of carbonyl (C=O) groups excluding carboxylic acids is 6. The van der Waals surface area contributed by atoms with Crippen LogP contribution in [0.15, 0.2) is 0 Å². The van der Waals surface area contributed by atoms with Crippen LogP contribution in [-0.4, -0.2) is 35.3 Å². The van der Waals surface area contributed by atoms with Crippen LogP contribution in [0.5, 0.6) is 0 Å². The second-order valence-corrected chi connectivity index (χ2v) is 3.75. The number of hydrogen-bond donors (Lipinski definition) is 0. The van der Waals surface area contributed by atoms with E-state index in [9.17, 15) is 44.1 Å². The second kappa shape index (κ2) is 17.1. The molecule has 22 heavy (non-hydrogen) atoms. The Labute approximate surface area is 139 Å². The third-order valence-electron chi connectivity index (χ3n) is 1.18. The van der Waals surface area contributed by atoms with E-state index in [0.29, 0.717) is 0 Å². The van der Waals surface area contributed by atoms with Crippen molar-refractivity contribution in [1.29, 1.82) is 0 Å². The van der Waals surface area contributed by atoms with Crippen molar-refractivity contribution in [2.45, 2.75) is 40.0 Å². The van der Waals surface area contributed by atoms with Gasteiger partial charge in [0.05, 0.1) is 0 Å². The summed E-state index contributed by atoms with van der Waals surface area (Å²) in [5, 5.41) is 28.4. The maximum atomic E-state index is 9.83. The van der Waals surface area contributed by atoms with Crippen molar-refractivity contribution in [3.63, 3.8) is 0 Å². The fourth-order valence-electron chi connectivity index (χ4n) is 0.610. The number of hydrogen-bond acceptors (Lipinski definition) is 9. The maximum absolute atomic E-state index is 9.83. The van der Waals surface area contributed by atoms with E-state index in [1.807, 2.05) is 0 Å². The summed E-state index contributed by atoms with van der Waals surface area (Å²) in [7, 11) is 0. The topological polar surface area (TPSA) is 172 Å². The first-order chi connectivity index (χ1) is 9.38. The molecule has 0 fully saturated rings. The van der Waals surface area contributed by atoms with Crippen molar-refractivity contribution in [3.05, 3.63) is 0 Å². The van der Waals surface area contributed by atoms with Crippen molar-refractivity contribution in [2.24, 2.45) is 0 Å². The first-order valence-electron chi connectivity index (χ1n) is 5.46. The van der Waals surface area contributed by atoms with Gasteiger partial charge >= 0.3 is 19.5 Å². The van der Waals surface area contributed by atoms with Gasteiger partial charge in [-0.05, 0) is 20.8 Å². The number of rotatable bonds is 6. The van der Waals surface area contributed by atoms with Gasteiger partial charge in [-0.25, -0.2) is 0 Å². The summed E-state index contributed by atoms with van der Waals surface area (Å²) in [6.07, 6.45) is -1.42. The standard InChI is InChI=1S/3C4H6O3.Ru/c3*1-3(5)2-4(6)7;/h3*2H2,1H3,(H,6,7);/q;;;+3/p-3. The van der Waals surface area contributed by atoms with Gasteiger partial charge in [-0.1, -0.05) is 0 Å². The predicted octanol–water partition coefficient (Wildman–Crippen LogP) is -3.86. The molecule has 0 spiro atoms. The molecule has 0 unspecified atom stereocenters. The van der Waals surface area contributed by atoms with Gasteiger partial charge in [0.25, 0.3) is 0 Å². The van der Waals surface area contributed by atoms with Crippen molar-refractivity contribution in [1.82, 2.24) is 0 Å². The molecule has 0 atom stereocenters. The molecule has 0 amide bonds. The molecule has 9 nitrogen and oxygen atoms in total. The van der Waals surface area contributed by atoms with Crippen molar-refractivity contribution >= 4 is 35.3 Å².